The summed E-state index contributed by atoms with van der Waals surface area (Å²) in [6.45, 7) is 9.36. The topological polar surface area (TPSA) is 97.2 Å². The van der Waals surface area contributed by atoms with Gasteiger partial charge in [0.25, 0.3) is 5.91 Å². The predicted molar refractivity (Wildman–Crippen MR) is 136 cm³/mol. The highest BCUT2D eigenvalue weighted by molar-refractivity contribution is 7.89. The molecule has 0 bridgehead atoms. The maximum Gasteiger partial charge on any atom is 0.341 e. The number of thiophene rings is 1. The van der Waals surface area contributed by atoms with Gasteiger partial charge in [-0.15, -0.1) is 11.3 Å². The Bertz CT molecular complexity index is 1190. The molecule has 4 rings (SSSR count). The van der Waals surface area contributed by atoms with E-state index in [0.717, 1.165) is 55.8 Å². The summed E-state index contributed by atoms with van der Waals surface area (Å²) in [7, 11) is -3.61. The molecular weight excluding hydrogens is 486 g/mol. The average molecular weight is 521 g/mol. The Kier molecular flexibility index (Phi) is 7.95. The third kappa shape index (κ3) is 5.30. The molecular formula is C25H34N3O5S2+. The normalized spacial score (nSPS) is 20.8. The van der Waals surface area contributed by atoms with Crippen LogP contribution in [0, 0.1) is 0 Å². The van der Waals surface area contributed by atoms with Crippen LogP contribution in [-0.2, 0) is 27.7 Å². The molecule has 2 aliphatic heterocycles. The van der Waals surface area contributed by atoms with Crippen molar-refractivity contribution in [2.75, 3.05) is 31.6 Å². The zero-order valence-corrected chi connectivity index (χ0v) is 22.2. The first-order valence-corrected chi connectivity index (χ1v) is 14.6. The van der Waals surface area contributed by atoms with E-state index in [0.29, 0.717) is 22.7 Å². The molecule has 1 aromatic heterocycles. The molecule has 3 heterocycles. The van der Waals surface area contributed by atoms with E-state index < -0.39 is 16.0 Å². The molecule has 2 atom stereocenters. The van der Waals surface area contributed by atoms with E-state index in [1.54, 1.807) is 11.2 Å². The first-order chi connectivity index (χ1) is 16.8. The van der Waals surface area contributed by atoms with E-state index >= 15 is 0 Å². The minimum Gasteiger partial charge on any atom is -0.462 e. The zero-order valence-electron chi connectivity index (χ0n) is 20.6. The van der Waals surface area contributed by atoms with Gasteiger partial charge in [0, 0.05) is 24.6 Å². The lowest BCUT2D eigenvalue weighted by atomic mass is 10.0. The molecule has 190 valence electrons. The summed E-state index contributed by atoms with van der Waals surface area (Å²) < 4.78 is 33.0. The molecule has 0 spiro atoms. The second-order valence-electron chi connectivity index (χ2n) is 9.15. The predicted octanol–water partition coefficient (Wildman–Crippen LogP) is 2.70. The molecule has 1 amide bonds. The van der Waals surface area contributed by atoms with E-state index in [1.165, 1.54) is 40.5 Å². The number of hydrogen-bond donors (Lipinski definition) is 2. The second kappa shape index (κ2) is 10.8. The second-order valence-corrected chi connectivity index (χ2v) is 12.1. The maximum absolute atomic E-state index is 13.1. The zero-order chi connectivity index (χ0) is 25.2. The SMILES string of the molecule is CCOC(=O)c1c(NC(=O)c2ccc(S(=O)(=O)N3CCCCC3C)cc2)sc2c1CC[NH+](CC)C2. The third-order valence-corrected chi connectivity index (χ3v) is 10.1. The fraction of sp³-hybridized carbons (Fsp3) is 0.520. The van der Waals surface area contributed by atoms with Gasteiger partial charge >= 0.3 is 5.97 Å². The third-order valence-electron chi connectivity index (χ3n) is 6.90. The van der Waals surface area contributed by atoms with Crippen molar-refractivity contribution in [3.63, 3.8) is 0 Å². The molecule has 8 nitrogen and oxygen atoms in total. The molecule has 0 radical (unpaired) electrons. The van der Waals surface area contributed by atoms with Crippen molar-refractivity contribution in [1.29, 1.82) is 0 Å². The van der Waals surface area contributed by atoms with Gasteiger partial charge in [0.15, 0.2) is 0 Å². The number of rotatable bonds is 7. The summed E-state index contributed by atoms with van der Waals surface area (Å²) in [4.78, 5) is 28.5. The van der Waals surface area contributed by atoms with Gasteiger partial charge in [-0.2, -0.15) is 4.31 Å². The molecule has 1 fully saturated rings. The van der Waals surface area contributed by atoms with Gasteiger partial charge in [-0.3, -0.25) is 4.79 Å². The number of piperidine rings is 1. The summed E-state index contributed by atoms with van der Waals surface area (Å²) in [5, 5.41) is 3.39. The number of nitrogens with zero attached hydrogens (tertiary/aromatic N) is 1. The number of fused-ring (bicyclic) bond motifs is 1. The number of ether oxygens (including phenoxy) is 1. The quantitative estimate of drug-likeness (QED) is 0.547. The van der Waals surface area contributed by atoms with Gasteiger partial charge in [-0.25, -0.2) is 13.2 Å². The highest BCUT2D eigenvalue weighted by Crippen LogP contribution is 2.35. The van der Waals surface area contributed by atoms with Crippen molar-refractivity contribution in [3.8, 4) is 0 Å². The minimum absolute atomic E-state index is 0.0339. The van der Waals surface area contributed by atoms with Crippen molar-refractivity contribution in [3.05, 3.63) is 45.8 Å². The maximum atomic E-state index is 13.1. The monoisotopic (exact) mass is 520 g/mol. The summed E-state index contributed by atoms with van der Waals surface area (Å²) in [5.74, 6) is -0.804. The van der Waals surface area contributed by atoms with Crippen LogP contribution in [0.1, 0.15) is 71.2 Å². The number of esters is 1. The largest absolute Gasteiger partial charge is 0.462 e. The lowest BCUT2D eigenvalue weighted by molar-refractivity contribution is -0.913. The van der Waals surface area contributed by atoms with Crippen LogP contribution in [0.4, 0.5) is 5.00 Å². The van der Waals surface area contributed by atoms with Crippen molar-refractivity contribution in [1.82, 2.24) is 4.31 Å². The van der Waals surface area contributed by atoms with Crippen molar-refractivity contribution < 1.29 is 27.6 Å². The van der Waals surface area contributed by atoms with Crippen molar-refractivity contribution in [2.45, 2.75) is 63.9 Å². The van der Waals surface area contributed by atoms with E-state index in [2.05, 4.69) is 12.2 Å². The van der Waals surface area contributed by atoms with Crippen molar-refractivity contribution >= 4 is 38.2 Å². The van der Waals surface area contributed by atoms with Crippen LogP contribution in [0.25, 0.3) is 0 Å². The van der Waals surface area contributed by atoms with E-state index in [1.807, 2.05) is 6.92 Å². The Morgan fingerprint density at radius 1 is 1.20 bits per heavy atom. The summed E-state index contributed by atoms with van der Waals surface area (Å²) in [6, 6.07) is 5.99. The number of likely N-dealkylation sites (N-methyl/N-ethyl adjacent to an activating group) is 1. The Hall–Kier alpha value is -2.27. The fourth-order valence-electron chi connectivity index (χ4n) is 4.86. The van der Waals surface area contributed by atoms with Gasteiger partial charge in [0.2, 0.25) is 10.0 Å². The number of benzene rings is 1. The Labute approximate surface area is 211 Å². The van der Waals surface area contributed by atoms with Crippen LogP contribution in [-0.4, -0.2) is 56.9 Å². The Morgan fingerprint density at radius 2 is 1.94 bits per heavy atom. The number of hydrogen-bond acceptors (Lipinski definition) is 6. The number of amides is 1. The van der Waals surface area contributed by atoms with E-state index in [4.69, 9.17) is 4.74 Å². The van der Waals surface area contributed by atoms with Crippen LogP contribution >= 0.6 is 11.3 Å². The Morgan fingerprint density at radius 3 is 2.60 bits per heavy atom. The highest BCUT2D eigenvalue weighted by Gasteiger charge is 2.32. The van der Waals surface area contributed by atoms with Gasteiger partial charge < -0.3 is 15.0 Å². The lowest BCUT2D eigenvalue weighted by Gasteiger charge is -2.32. The highest BCUT2D eigenvalue weighted by atomic mass is 32.2. The molecule has 2 N–H and O–H groups in total. The smallest absolute Gasteiger partial charge is 0.341 e. The molecule has 35 heavy (non-hydrogen) atoms. The molecule has 10 heteroatoms. The number of quaternary nitrogens is 1. The minimum atomic E-state index is -3.61. The van der Waals surface area contributed by atoms with Gasteiger partial charge in [-0.1, -0.05) is 6.42 Å². The Balaban J connectivity index is 1.56. The first kappa shape index (κ1) is 25.8. The molecule has 0 saturated carbocycles. The van der Waals surface area contributed by atoms with E-state index in [9.17, 15) is 18.0 Å². The summed E-state index contributed by atoms with van der Waals surface area (Å²) in [5.41, 5.74) is 1.75. The average Bonchev–Trinajstić information content (AvgIpc) is 3.21. The number of anilines is 1. The number of nitrogens with one attached hydrogen (secondary N) is 2. The summed E-state index contributed by atoms with van der Waals surface area (Å²) >= 11 is 1.43. The van der Waals surface area contributed by atoms with Gasteiger partial charge in [-0.05, 0) is 63.4 Å². The van der Waals surface area contributed by atoms with Crippen LogP contribution in [0.5, 0.6) is 0 Å². The molecule has 1 aromatic carbocycles. The van der Waals surface area contributed by atoms with Gasteiger partial charge in [0.1, 0.15) is 11.5 Å². The number of carbonyl (C=O) groups excluding carboxylic acids is 2. The molecule has 0 aliphatic carbocycles. The van der Waals surface area contributed by atoms with Gasteiger partial charge in [0.05, 0.1) is 35.0 Å². The summed E-state index contributed by atoms with van der Waals surface area (Å²) in [6.07, 6.45) is 3.50. The van der Waals surface area contributed by atoms with Crippen LogP contribution < -0.4 is 10.2 Å². The number of carbonyl (C=O) groups is 2. The first-order valence-electron chi connectivity index (χ1n) is 12.3. The number of sulfonamides is 1. The standard InChI is InChI=1S/C25H33N3O5S2/c1-4-27-15-13-20-21(16-27)34-24(22(20)25(30)33-5-2)26-23(29)18-9-11-19(12-10-18)35(31,32)28-14-7-6-8-17(28)3/h9-12,17H,4-8,13-16H2,1-3H3,(H,26,29)/p+1. The molecule has 2 unspecified atom stereocenters. The molecule has 1 saturated heterocycles. The van der Waals surface area contributed by atoms with Crippen LogP contribution in [0.3, 0.4) is 0 Å². The molecule has 2 aliphatic rings. The van der Waals surface area contributed by atoms with E-state index in [-0.39, 0.29) is 23.5 Å². The van der Waals surface area contributed by atoms with Crippen LogP contribution in [0.15, 0.2) is 29.2 Å². The molecule has 2 aromatic rings. The fourth-order valence-corrected chi connectivity index (χ4v) is 7.87. The van der Waals surface area contributed by atoms with Crippen LogP contribution in [0.2, 0.25) is 0 Å². The van der Waals surface area contributed by atoms with Crippen molar-refractivity contribution in [2.24, 2.45) is 0 Å². The lowest BCUT2D eigenvalue weighted by Crippen LogP contribution is -3.11.